The topological polar surface area (TPSA) is 33.5 Å². The standard InChI is InChI=1S/C19H23NO2/c1-20(2)18-15-12-8-3-4-9-13-16(15)22-19(21)17(18)14-10-6-5-7-11-14/h5-7,10-11H,3-4,8-9,12-13H2,1-2H3. The minimum Gasteiger partial charge on any atom is -0.427 e. The summed E-state index contributed by atoms with van der Waals surface area (Å²) in [7, 11) is 4.03. The third kappa shape index (κ3) is 2.80. The molecule has 0 atom stereocenters. The largest absolute Gasteiger partial charge is 0.427 e. The fourth-order valence-corrected chi connectivity index (χ4v) is 3.36. The van der Waals surface area contributed by atoms with Crippen molar-refractivity contribution in [3.8, 4) is 11.1 Å². The van der Waals surface area contributed by atoms with Crippen molar-refractivity contribution in [3.05, 3.63) is 52.1 Å². The van der Waals surface area contributed by atoms with E-state index in [-0.39, 0.29) is 5.63 Å². The van der Waals surface area contributed by atoms with Crippen molar-refractivity contribution < 1.29 is 4.42 Å². The van der Waals surface area contributed by atoms with Crippen LogP contribution in [0.4, 0.5) is 5.69 Å². The van der Waals surface area contributed by atoms with Crippen molar-refractivity contribution >= 4 is 5.69 Å². The summed E-state index contributed by atoms with van der Waals surface area (Å²) in [6.07, 6.45) is 6.61. The van der Waals surface area contributed by atoms with Gasteiger partial charge in [0.05, 0.1) is 11.3 Å². The molecule has 0 amide bonds. The number of nitrogens with zero attached hydrogens (tertiary/aromatic N) is 1. The average Bonchev–Trinajstić information content (AvgIpc) is 2.49. The molecule has 1 aromatic heterocycles. The fraction of sp³-hybridized carbons (Fsp3) is 0.421. The van der Waals surface area contributed by atoms with Crippen molar-refractivity contribution in [2.75, 3.05) is 19.0 Å². The number of hydrogen-bond acceptors (Lipinski definition) is 3. The molecule has 22 heavy (non-hydrogen) atoms. The Morgan fingerprint density at radius 1 is 0.955 bits per heavy atom. The van der Waals surface area contributed by atoms with E-state index < -0.39 is 0 Å². The third-order valence-electron chi connectivity index (χ3n) is 4.37. The lowest BCUT2D eigenvalue weighted by Crippen LogP contribution is -2.20. The van der Waals surface area contributed by atoms with E-state index in [2.05, 4.69) is 4.90 Å². The Hall–Kier alpha value is -2.03. The Kier molecular flexibility index (Phi) is 4.32. The summed E-state index contributed by atoms with van der Waals surface area (Å²) in [5.41, 5.74) is 3.69. The van der Waals surface area contributed by atoms with Gasteiger partial charge in [0, 0.05) is 26.1 Å². The van der Waals surface area contributed by atoms with Crippen LogP contribution in [-0.2, 0) is 12.8 Å². The molecule has 0 aliphatic heterocycles. The molecular weight excluding hydrogens is 274 g/mol. The van der Waals surface area contributed by atoms with Crippen molar-refractivity contribution in [1.29, 1.82) is 0 Å². The molecule has 0 N–H and O–H groups in total. The summed E-state index contributed by atoms with van der Waals surface area (Å²) in [6, 6.07) is 9.85. The lowest BCUT2D eigenvalue weighted by molar-refractivity contribution is 0.433. The fourth-order valence-electron chi connectivity index (χ4n) is 3.36. The predicted octanol–water partition coefficient (Wildman–Crippen LogP) is 4.03. The van der Waals surface area contributed by atoms with Crippen LogP contribution < -0.4 is 10.5 Å². The molecule has 2 aromatic rings. The molecule has 3 nitrogen and oxygen atoms in total. The summed E-state index contributed by atoms with van der Waals surface area (Å²) >= 11 is 0. The average molecular weight is 297 g/mol. The molecule has 1 heterocycles. The summed E-state index contributed by atoms with van der Waals surface area (Å²) in [6.45, 7) is 0. The Balaban J connectivity index is 2.26. The molecule has 3 rings (SSSR count). The summed E-state index contributed by atoms with van der Waals surface area (Å²) in [4.78, 5) is 14.7. The lowest BCUT2D eigenvalue weighted by atomic mass is 9.93. The highest BCUT2D eigenvalue weighted by atomic mass is 16.4. The van der Waals surface area contributed by atoms with Gasteiger partial charge in [0.25, 0.3) is 0 Å². The second-order valence-electron chi connectivity index (χ2n) is 6.19. The van der Waals surface area contributed by atoms with Crippen LogP contribution in [0.2, 0.25) is 0 Å². The molecule has 3 heteroatoms. The van der Waals surface area contributed by atoms with Gasteiger partial charge in [0.15, 0.2) is 0 Å². The molecule has 0 bridgehead atoms. The molecule has 0 saturated carbocycles. The van der Waals surface area contributed by atoms with E-state index in [1.807, 2.05) is 44.4 Å². The van der Waals surface area contributed by atoms with Crippen LogP contribution in [0.25, 0.3) is 11.1 Å². The number of aryl methyl sites for hydroxylation is 1. The maximum Gasteiger partial charge on any atom is 0.345 e. The first-order chi connectivity index (χ1) is 10.7. The Bertz CT molecular complexity index is 701. The molecule has 116 valence electrons. The van der Waals surface area contributed by atoms with E-state index >= 15 is 0 Å². The first-order valence-corrected chi connectivity index (χ1v) is 8.10. The maximum absolute atomic E-state index is 12.6. The van der Waals surface area contributed by atoms with Gasteiger partial charge < -0.3 is 9.32 Å². The highest BCUT2D eigenvalue weighted by Gasteiger charge is 2.22. The van der Waals surface area contributed by atoms with Gasteiger partial charge >= 0.3 is 5.63 Å². The number of fused-ring (bicyclic) bond motifs is 1. The zero-order valence-corrected chi connectivity index (χ0v) is 13.4. The SMILES string of the molecule is CN(C)c1c2c(oc(=O)c1-c1ccccc1)CCCCCC2. The molecule has 1 aliphatic rings. The van der Waals surface area contributed by atoms with Gasteiger partial charge in [-0.2, -0.15) is 0 Å². The van der Waals surface area contributed by atoms with Crippen LogP contribution in [0.15, 0.2) is 39.5 Å². The van der Waals surface area contributed by atoms with Crippen LogP contribution in [0.1, 0.15) is 37.0 Å². The first kappa shape index (κ1) is 14.9. The van der Waals surface area contributed by atoms with Crippen LogP contribution in [-0.4, -0.2) is 14.1 Å². The molecule has 0 unspecified atom stereocenters. The monoisotopic (exact) mass is 297 g/mol. The smallest absolute Gasteiger partial charge is 0.345 e. The van der Waals surface area contributed by atoms with Gasteiger partial charge in [-0.1, -0.05) is 43.2 Å². The number of anilines is 1. The molecule has 0 saturated heterocycles. The van der Waals surface area contributed by atoms with Crippen molar-refractivity contribution in [2.45, 2.75) is 38.5 Å². The Labute approximate surface area is 131 Å². The Morgan fingerprint density at radius 3 is 2.32 bits per heavy atom. The molecule has 0 fully saturated rings. The van der Waals surface area contributed by atoms with Crippen LogP contribution in [0, 0.1) is 0 Å². The summed E-state index contributed by atoms with van der Waals surface area (Å²) in [5, 5.41) is 0. The highest BCUT2D eigenvalue weighted by Crippen LogP contribution is 2.34. The van der Waals surface area contributed by atoms with E-state index in [1.165, 1.54) is 18.4 Å². The van der Waals surface area contributed by atoms with E-state index in [0.29, 0.717) is 5.56 Å². The van der Waals surface area contributed by atoms with Gasteiger partial charge in [-0.25, -0.2) is 4.79 Å². The van der Waals surface area contributed by atoms with E-state index in [4.69, 9.17) is 4.42 Å². The normalized spacial score (nSPS) is 14.8. The van der Waals surface area contributed by atoms with E-state index in [1.54, 1.807) is 0 Å². The van der Waals surface area contributed by atoms with Crippen LogP contribution in [0.5, 0.6) is 0 Å². The molecule has 1 aliphatic carbocycles. The molecule has 0 radical (unpaired) electrons. The highest BCUT2D eigenvalue weighted by molar-refractivity contribution is 5.80. The van der Waals surface area contributed by atoms with E-state index in [9.17, 15) is 4.79 Å². The van der Waals surface area contributed by atoms with Crippen LogP contribution >= 0.6 is 0 Å². The Morgan fingerprint density at radius 2 is 1.64 bits per heavy atom. The molecular formula is C19H23NO2. The zero-order chi connectivity index (χ0) is 15.5. The van der Waals surface area contributed by atoms with Gasteiger partial charge in [-0.15, -0.1) is 0 Å². The quantitative estimate of drug-likeness (QED) is 0.839. The summed E-state index contributed by atoms with van der Waals surface area (Å²) in [5.74, 6) is 0.896. The van der Waals surface area contributed by atoms with Crippen molar-refractivity contribution in [2.24, 2.45) is 0 Å². The van der Waals surface area contributed by atoms with Crippen molar-refractivity contribution in [3.63, 3.8) is 0 Å². The predicted molar refractivity (Wildman–Crippen MR) is 90.6 cm³/mol. The van der Waals surface area contributed by atoms with E-state index in [0.717, 1.165) is 42.7 Å². The third-order valence-corrected chi connectivity index (χ3v) is 4.37. The zero-order valence-electron chi connectivity index (χ0n) is 13.4. The molecule has 1 aromatic carbocycles. The van der Waals surface area contributed by atoms with Gasteiger partial charge in [-0.05, 0) is 24.8 Å². The number of benzene rings is 1. The minimum absolute atomic E-state index is 0.214. The molecule has 0 spiro atoms. The van der Waals surface area contributed by atoms with Gasteiger partial charge in [0.2, 0.25) is 0 Å². The second kappa shape index (κ2) is 6.39. The first-order valence-electron chi connectivity index (χ1n) is 8.10. The minimum atomic E-state index is -0.214. The lowest BCUT2D eigenvalue weighted by Gasteiger charge is -2.24. The maximum atomic E-state index is 12.6. The van der Waals surface area contributed by atoms with Gasteiger partial charge in [0.1, 0.15) is 5.76 Å². The van der Waals surface area contributed by atoms with Crippen LogP contribution in [0.3, 0.4) is 0 Å². The van der Waals surface area contributed by atoms with Crippen molar-refractivity contribution in [1.82, 2.24) is 0 Å². The van der Waals surface area contributed by atoms with Gasteiger partial charge in [-0.3, -0.25) is 0 Å². The summed E-state index contributed by atoms with van der Waals surface area (Å²) < 4.78 is 5.73. The number of hydrogen-bond donors (Lipinski definition) is 0. The second-order valence-corrected chi connectivity index (χ2v) is 6.19. The number of rotatable bonds is 2.